The van der Waals surface area contributed by atoms with Crippen molar-refractivity contribution in [2.45, 2.75) is 47.0 Å². The minimum Gasteiger partial charge on any atom is -0.351 e. The van der Waals surface area contributed by atoms with Gasteiger partial charge in [-0.25, -0.2) is 0 Å². The third-order valence-corrected chi connectivity index (χ3v) is 4.09. The zero-order valence-electron chi connectivity index (χ0n) is 11.1. The fraction of sp³-hybridized carbons (Fsp3) is 1.00. The summed E-state index contributed by atoms with van der Waals surface area (Å²) in [6.45, 7) is 10.5. The summed E-state index contributed by atoms with van der Waals surface area (Å²) in [6.07, 6.45) is 2.81. The van der Waals surface area contributed by atoms with E-state index in [1.165, 1.54) is 0 Å². The van der Waals surface area contributed by atoms with E-state index in [2.05, 4.69) is 20.8 Å². The first-order valence-electron chi connectivity index (χ1n) is 6.30. The van der Waals surface area contributed by atoms with Gasteiger partial charge in [0.15, 0.2) is 0 Å². The summed E-state index contributed by atoms with van der Waals surface area (Å²) in [5.41, 5.74) is 0. The molecule has 0 aromatic carbocycles. The molecule has 0 aliphatic carbocycles. The van der Waals surface area contributed by atoms with E-state index in [4.69, 9.17) is 17.7 Å². The summed E-state index contributed by atoms with van der Waals surface area (Å²) in [5, 5.41) is 0. The second kappa shape index (κ2) is 10.2. The molecule has 16 heavy (non-hydrogen) atoms. The number of rotatable bonds is 11. The van der Waals surface area contributed by atoms with Crippen LogP contribution in [0.3, 0.4) is 0 Å². The summed E-state index contributed by atoms with van der Waals surface area (Å²) < 4.78 is 22.7. The van der Waals surface area contributed by atoms with Gasteiger partial charge < -0.3 is 17.7 Å². The molecule has 0 heterocycles. The monoisotopic (exact) mass is 250 g/mol. The SMILES string of the molecule is CCCO[Si](OCC)(OCCC)OCCC. The van der Waals surface area contributed by atoms with Gasteiger partial charge in [-0.3, -0.25) is 0 Å². The zero-order chi connectivity index (χ0) is 12.3. The predicted molar refractivity (Wildman–Crippen MR) is 66.1 cm³/mol. The molecule has 0 bridgehead atoms. The third kappa shape index (κ3) is 6.60. The Labute approximate surface area is 101 Å². The second-order valence-corrected chi connectivity index (χ2v) is 5.63. The van der Waals surface area contributed by atoms with Crippen molar-refractivity contribution in [3.05, 3.63) is 0 Å². The van der Waals surface area contributed by atoms with Crippen LogP contribution in [-0.4, -0.2) is 35.5 Å². The van der Waals surface area contributed by atoms with Gasteiger partial charge in [-0.05, 0) is 26.2 Å². The highest BCUT2D eigenvalue weighted by Gasteiger charge is 2.44. The number of hydrogen-bond acceptors (Lipinski definition) is 4. The normalized spacial score (nSPS) is 12.0. The van der Waals surface area contributed by atoms with Crippen molar-refractivity contribution in [1.29, 1.82) is 0 Å². The molecule has 0 atom stereocenters. The minimum atomic E-state index is -2.86. The lowest BCUT2D eigenvalue weighted by atomic mass is 10.5. The Bertz CT molecular complexity index is 133. The van der Waals surface area contributed by atoms with Crippen LogP contribution < -0.4 is 0 Å². The third-order valence-electron chi connectivity index (χ3n) is 1.77. The number of hydrogen-bond donors (Lipinski definition) is 0. The molecule has 0 unspecified atom stereocenters. The quantitative estimate of drug-likeness (QED) is 0.528. The molecule has 0 aromatic heterocycles. The van der Waals surface area contributed by atoms with Crippen LogP contribution in [0.2, 0.25) is 0 Å². The van der Waals surface area contributed by atoms with Gasteiger partial charge in [0.2, 0.25) is 0 Å². The van der Waals surface area contributed by atoms with Gasteiger partial charge in [0.25, 0.3) is 0 Å². The van der Waals surface area contributed by atoms with Gasteiger partial charge in [-0.1, -0.05) is 20.8 Å². The lowest BCUT2D eigenvalue weighted by Gasteiger charge is -2.27. The average molecular weight is 250 g/mol. The molecule has 0 spiro atoms. The van der Waals surface area contributed by atoms with E-state index in [0.29, 0.717) is 26.4 Å². The van der Waals surface area contributed by atoms with E-state index in [9.17, 15) is 0 Å². The molecule has 4 nitrogen and oxygen atoms in total. The summed E-state index contributed by atoms with van der Waals surface area (Å²) >= 11 is 0. The van der Waals surface area contributed by atoms with Crippen molar-refractivity contribution >= 4 is 9.05 Å². The van der Waals surface area contributed by atoms with E-state index in [0.717, 1.165) is 19.3 Å². The van der Waals surface area contributed by atoms with Crippen molar-refractivity contribution in [2.75, 3.05) is 26.4 Å². The predicted octanol–water partition coefficient (Wildman–Crippen LogP) is 2.74. The molecular formula is C11H26O4Si. The Morgan fingerprint density at radius 1 is 0.625 bits per heavy atom. The molecule has 0 fully saturated rings. The smallest absolute Gasteiger partial charge is 0.351 e. The van der Waals surface area contributed by atoms with Crippen LogP contribution in [-0.2, 0) is 17.7 Å². The second-order valence-electron chi connectivity index (χ2n) is 3.48. The zero-order valence-corrected chi connectivity index (χ0v) is 12.1. The van der Waals surface area contributed by atoms with Gasteiger partial charge in [0.05, 0.1) is 0 Å². The topological polar surface area (TPSA) is 36.9 Å². The maximum atomic E-state index is 5.70. The molecule has 0 amide bonds. The fourth-order valence-electron chi connectivity index (χ4n) is 1.11. The molecule has 0 saturated carbocycles. The largest absolute Gasteiger partial charge is 0.679 e. The molecule has 5 heteroatoms. The summed E-state index contributed by atoms with van der Waals surface area (Å²) in [6, 6.07) is 0. The molecule has 98 valence electrons. The highest BCUT2D eigenvalue weighted by Crippen LogP contribution is 2.13. The van der Waals surface area contributed by atoms with Gasteiger partial charge in [0, 0.05) is 26.4 Å². The van der Waals surface area contributed by atoms with Crippen molar-refractivity contribution in [2.24, 2.45) is 0 Å². The highest BCUT2D eigenvalue weighted by molar-refractivity contribution is 6.53. The Balaban J connectivity index is 4.32. The van der Waals surface area contributed by atoms with Crippen LogP contribution in [0, 0.1) is 0 Å². The van der Waals surface area contributed by atoms with E-state index in [1.54, 1.807) is 0 Å². The molecule has 0 rings (SSSR count). The Morgan fingerprint density at radius 2 is 1.00 bits per heavy atom. The molecule has 0 N–H and O–H groups in total. The minimum absolute atomic E-state index is 0.559. The van der Waals surface area contributed by atoms with Crippen LogP contribution in [0.25, 0.3) is 0 Å². The van der Waals surface area contributed by atoms with Gasteiger partial charge in [0.1, 0.15) is 0 Å². The maximum absolute atomic E-state index is 5.70. The van der Waals surface area contributed by atoms with Crippen LogP contribution in [0.15, 0.2) is 0 Å². The fourth-order valence-corrected chi connectivity index (χ4v) is 3.32. The average Bonchev–Trinajstić information content (AvgIpc) is 2.31. The van der Waals surface area contributed by atoms with E-state index in [-0.39, 0.29) is 0 Å². The first kappa shape index (κ1) is 16.1. The highest BCUT2D eigenvalue weighted by atomic mass is 28.4. The van der Waals surface area contributed by atoms with Gasteiger partial charge in [-0.2, -0.15) is 0 Å². The van der Waals surface area contributed by atoms with Crippen LogP contribution in [0.5, 0.6) is 0 Å². The van der Waals surface area contributed by atoms with Crippen molar-refractivity contribution in [3.8, 4) is 0 Å². The molecular weight excluding hydrogens is 224 g/mol. The first-order chi connectivity index (χ1) is 7.74. The van der Waals surface area contributed by atoms with Crippen LogP contribution in [0.4, 0.5) is 0 Å². The molecule has 0 aliphatic heterocycles. The van der Waals surface area contributed by atoms with E-state index < -0.39 is 9.05 Å². The van der Waals surface area contributed by atoms with Crippen molar-refractivity contribution in [3.63, 3.8) is 0 Å². The Morgan fingerprint density at radius 3 is 1.25 bits per heavy atom. The molecule has 0 saturated heterocycles. The van der Waals surface area contributed by atoms with Gasteiger partial charge >= 0.3 is 9.05 Å². The van der Waals surface area contributed by atoms with Gasteiger partial charge in [-0.15, -0.1) is 0 Å². The molecule has 0 aromatic rings. The van der Waals surface area contributed by atoms with E-state index in [1.807, 2.05) is 6.92 Å². The Hall–Kier alpha value is 0.0569. The van der Waals surface area contributed by atoms with Crippen LogP contribution >= 0.6 is 0 Å². The lowest BCUT2D eigenvalue weighted by molar-refractivity contribution is -0.0322. The molecule has 0 radical (unpaired) electrons. The summed E-state index contributed by atoms with van der Waals surface area (Å²) in [4.78, 5) is 0. The summed E-state index contributed by atoms with van der Waals surface area (Å²) in [5.74, 6) is 0. The summed E-state index contributed by atoms with van der Waals surface area (Å²) in [7, 11) is -2.86. The first-order valence-corrected chi connectivity index (χ1v) is 7.93. The van der Waals surface area contributed by atoms with Crippen LogP contribution in [0.1, 0.15) is 47.0 Å². The van der Waals surface area contributed by atoms with E-state index >= 15 is 0 Å². The Kier molecular flexibility index (Phi) is 10.3. The standard InChI is InChI=1S/C11H26O4Si/c1-5-9-13-16(12-8-4,14-10-6-2)15-11-7-3/h5-11H2,1-4H3. The van der Waals surface area contributed by atoms with Crippen molar-refractivity contribution in [1.82, 2.24) is 0 Å². The lowest BCUT2D eigenvalue weighted by Crippen LogP contribution is -2.49. The maximum Gasteiger partial charge on any atom is 0.679 e. The van der Waals surface area contributed by atoms with Crippen molar-refractivity contribution < 1.29 is 17.7 Å². The molecule has 0 aliphatic rings.